The number of benzene rings is 1. The molecule has 2 heterocycles. The van der Waals surface area contributed by atoms with Crippen molar-refractivity contribution in [2.24, 2.45) is 0 Å². The minimum absolute atomic E-state index is 0. The van der Waals surface area contributed by atoms with E-state index in [1.165, 1.54) is 12.1 Å². The van der Waals surface area contributed by atoms with Gasteiger partial charge in [0.2, 0.25) is 0 Å². The number of anilines is 1. The highest BCUT2D eigenvalue weighted by atomic mass is 35.5. The lowest BCUT2D eigenvalue weighted by Gasteiger charge is -2.37. The van der Waals surface area contributed by atoms with Crippen molar-refractivity contribution in [3.63, 3.8) is 0 Å². The first-order valence-corrected chi connectivity index (χ1v) is 7.19. The molecule has 1 aromatic carbocycles. The molecule has 0 bridgehead atoms. The Morgan fingerprint density at radius 3 is 2.43 bits per heavy atom. The lowest BCUT2D eigenvalue weighted by molar-refractivity contribution is 0.209. The highest BCUT2D eigenvalue weighted by Crippen LogP contribution is 2.20. The molecule has 0 radical (unpaired) electrons. The number of rotatable bonds is 2. The lowest BCUT2D eigenvalue weighted by Crippen LogP contribution is -2.49. The van der Waals surface area contributed by atoms with Crippen LogP contribution in [0.2, 0.25) is 0 Å². The fourth-order valence-electron chi connectivity index (χ4n) is 2.73. The van der Waals surface area contributed by atoms with Crippen LogP contribution in [0.15, 0.2) is 30.3 Å². The smallest absolute Gasteiger partial charge is 0.129 e. The summed E-state index contributed by atoms with van der Waals surface area (Å²) in [4.78, 5) is 9.44. The van der Waals surface area contributed by atoms with Crippen molar-refractivity contribution in [1.29, 1.82) is 0 Å². The van der Waals surface area contributed by atoms with Crippen LogP contribution in [0.25, 0.3) is 10.9 Å². The Labute approximate surface area is 131 Å². The summed E-state index contributed by atoms with van der Waals surface area (Å²) in [5.41, 5.74) is 0.857. The van der Waals surface area contributed by atoms with Gasteiger partial charge < -0.3 is 4.90 Å². The Balaban J connectivity index is 0.00000161. The van der Waals surface area contributed by atoms with E-state index in [2.05, 4.69) is 28.6 Å². The molecule has 0 unspecified atom stereocenters. The molecule has 1 aliphatic rings. The van der Waals surface area contributed by atoms with E-state index in [4.69, 9.17) is 0 Å². The zero-order valence-corrected chi connectivity index (χ0v) is 13.2. The van der Waals surface area contributed by atoms with Gasteiger partial charge in [-0.25, -0.2) is 9.37 Å². The SMILES string of the molecule is CC(C)N1CCN(c2ccc3cc(F)ccc3n2)CC1.Cl. The van der Waals surface area contributed by atoms with Crippen LogP contribution in [0.1, 0.15) is 13.8 Å². The second-order valence-electron chi connectivity index (χ2n) is 5.62. The third-order valence-corrected chi connectivity index (χ3v) is 4.01. The lowest BCUT2D eigenvalue weighted by atomic mass is 10.2. The molecule has 1 aliphatic heterocycles. The molecule has 0 spiro atoms. The minimum Gasteiger partial charge on any atom is -0.354 e. The highest BCUT2D eigenvalue weighted by Gasteiger charge is 2.19. The van der Waals surface area contributed by atoms with Crippen molar-refractivity contribution in [2.75, 3.05) is 31.1 Å². The van der Waals surface area contributed by atoms with Crippen LogP contribution in [0.3, 0.4) is 0 Å². The van der Waals surface area contributed by atoms with E-state index in [-0.39, 0.29) is 18.2 Å². The topological polar surface area (TPSA) is 19.4 Å². The molecule has 1 saturated heterocycles. The predicted molar refractivity (Wildman–Crippen MR) is 87.9 cm³/mol. The minimum atomic E-state index is -0.211. The number of fused-ring (bicyclic) bond motifs is 1. The van der Waals surface area contributed by atoms with E-state index in [0.29, 0.717) is 6.04 Å². The average Bonchev–Trinajstić information content (AvgIpc) is 2.47. The summed E-state index contributed by atoms with van der Waals surface area (Å²) >= 11 is 0. The van der Waals surface area contributed by atoms with E-state index in [1.54, 1.807) is 6.07 Å². The molecule has 21 heavy (non-hydrogen) atoms. The Bertz CT molecular complexity index is 609. The Morgan fingerprint density at radius 1 is 1.05 bits per heavy atom. The van der Waals surface area contributed by atoms with Gasteiger partial charge in [0.05, 0.1) is 5.52 Å². The molecule has 1 aromatic heterocycles. The second-order valence-corrected chi connectivity index (χ2v) is 5.62. The molecule has 3 rings (SSSR count). The van der Waals surface area contributed by atoms with E-state index in [1.807, 2.05) is 12.1 Å². The van der Waals surface area contributed by atoms with Gasteiger partial charge in [-0.3, -0.25) is 4.90 Å². The van der Waals surface area contributed by atoms with Crippen molar-refractivity contribution < 1.29 is 4.39 Å². The van der Waals surface area contributed by atoms with Gasteiger partial charge in [-0.2, -0.15) is 0 Å². The summed E-state index contributed by atoms with van der Waals surface area (Å²) in [6.45, 7) is 8.61. The summed E-state index contributed by atoms with van der Waals surface area (Å²) in [5.74, 6) is 0.783. The van der Waals surface area contributed by atoms with E-state index in [0.717, 1.165) is 42.9 Å². The second kappa shape index (κ2) is 6.58. The number of piperazine rings is 1. The molecule has 1 fully saturated rings. The first-order chi connectivity index (χ1) is 9.63. The van der Waals surface area contributed by atoms with Gasteiger partial charge in [0.15, 0.2) is 0 Å². The van der Waals surface area contributed by atoms with Crippen molar-refractivity contribution >= 4 is 29.1 Å². The third kappa shape index (κ3) is 3.44. The molecular formula is C16H21ClFN3. The molecule has 2 aromatic rings. The fraction of sp³-hybridized carbons (Fsp3) is 0.438. The van der Waals surface area contributed by atoms with Gasteiger partial charge in [-0.1, -0.05) is 0 Å². The van der Waals surface area contributed by atoms with Gasteiger partial charge in [-0.15, -0.1) is 12.4 Å². The van der Waals surface area contributed by atoms with Crippen LogP contribution < -0.4 is 4.90 Å². The molecule has 0 atom stereocenters. The maximum absolute atomic E-state index is 13.2. The molecule has 3 nitrogen and oxygen atoms in total. The number of hydrogen-bond acceptors (Lipinski definition) is 3. The average molecular weight is 310 g/mol. The first kappa shape index (κ1) is 16.0. The summed E-state index contributed by atoms with van der Waals surface area (Å²) < 4.78 is 13.2. The molecular weight excluding hydrogens is 289 g/mol. The van der Waals surface area contributed by atoms with Crippen molar-refractivity contribution in [1.82, 2.24) is 9.88 Å². The normalized spacial score (nSPS) is 16.3. The van der Waals surface area contributed by atoms with Gasteiger partial charge >= 0.3 is 0 Å². The Kier molecular flexibility index (Phi) is 5.01. The summed E-state index contributed by atoms with van der Waals surface area (Å²) in [6.07, 6.45) is 0. The van der Waals surface area contributed by atoms with Crippen LogP contribution in [-0.2, 0) is 0 Å². The first-order valence-electron chi connectivity index (χ1n) is 7.19. The van der Waals surface area contributed by atoms with Crippen LogP contribution in [-0.4, -0.2) is 42.1 Å². The van der Waals surface area contributed by atoms with Gasteiger partial charge in [0, 0.05) is 37.6 Å². The summed E-state index contributed by atoms with van der Waals surface area (Å²) in [5, 5.41) is 0.856. The van der Waals surface area contributed by atoms with E-state index >= 15 is 0 Å². The van der Waals surface area contributed by atoms with Crippen molar-refractivity contribution in [3.05, 3.63) is 36.1 Å². The monoisotopic (exact) mass is 309 g/mol. The van der Waals surface area contributed by atoms with Crippen molar-refractivity contribution in [3.8, 4) is 0 Å². The summed E-state index contributed by atoms with van der Waals surface area (Å²) in [6, 6.07) is 9.30. The highest BCUT2D eigenvalue weighted by molar-refractivity contribution is 5.85. The predicted octanol–water partition coefficient (Wildman–Crippen LogP) is 3.33. The number of pyridine rings is 1. The quantitative estimate of drug-likeness (QED) is 0.848. The Hall–Kier alpha value is -1.39. The number of halogens is 2. The number of aromatic nitrogens is 1. The van der Waals surface area contributed by atoms with Crippen molar-refractivity contribution in [2.45, 2.75) is 19.9 Å². The standard InChI is InChI=1S/C16H20FN3.ClH/c1-12(2)19-7-9-20(10-8-19)16-6-3-13-11-14(17)4-5-15(13)18-16;/h3-6,11-12H,7-10H2,1-2H3;1H. The molecule has 5 heteroatoms. The van der Waals surface area contributed by atoms with Crippen LogP contribution in [0.5, 0.6) is 0 Å². The molecule has 0 N–H and O–H groups in total. The van der Waals surface area contributed by atoms with Crippen LogP contribution >= 0.6 is 12.4 Å². The maximum Gasteiger partial charge on any atom is 0.129 e. The largest absolute Gasteiger partial charge is 0.354 e. The van der Waals surface area contributed by atoms with Crippen LogP contribution in [0.4, 0.5) is 10.2 Å². The zero-order valence-electron chi connectivity index (χ0n) is 12.4. The maximum atomic E-state index is 13.2. The molecule has 0 amide bonds. The van der Waals surface area contributed by atoms with Gasteiger partial charge in [-0.05, 0) is 44.2 Å². The molecule has 0 saturated carbocycles. The zero-order chi connectivity index (χ0) is 14.1. The van der Waals surface area contributed by atoms with Gasteiger partial charge in [0.1, 0.15) is 11.6 Å². The molecule has 114 valence electrons. The third-order valence-electron chi connectivity index (χ3n) is 4.01. The molecule has 0 aliphatic carbocycles. The van der Waals surface area contributed by atoms with E-state index < -0.39 is 0 Å². The van der Waals surface area contributed by atoms with E-state index in [9.17, 15) is 4.39 Å². The van der Waals surface area contributed by atoms with Crippen LogP contribution in [0, 0.1) is 5.82 Å². The summed E-state index contributed by atoms with van der Waals surface area (Å²) in [7, 11) is 0. The number of hydrogen-bond donors (Lipinski definition) is 0. The fourth-order valence-corrected chi connectivity index (χ4v) is 2.73. The van der Waals surface area contributed by atoms with Gasteiger partial charge in [0.25, 0.3) is 0 Å². The Morgan fingerprint density at radius 2 is 1.76 bits per heavy atom. The number of nitrogens with zero attached hydrogens (tertiary/aromatic N) is 3.